The van der Waals surface area contributed by atoms with Crippen LogP contribution in [0.15, 0.2) is 12.1 Å². The van der Waals surface area contributed by atoms with Crippen LogP contribution in [0.25, 0.3) is 0 Å². The van der Waals surface area contributed by atoms with Gasteiger partial charge in [0.2, 0.25) is 0 Å². The van der Waals surface area contributed by atoms with E-state index in [-0.39, 0.29) is 12.5 Å². The average Bonchev–Trinajstić information content (AvgIpc) is 2.73. The lowest BCUT2D eigenvalue weighted by Crippen LogP contribution is -2.43. The lowest BCUT2D eigenvalue weighted by atomic mass is 9.99. The Bertz CT molecular complexity index is 732. The minimum absolute atomic E-state index is 0.0100. The van der Waals surface area contributed by atoms with Gasteiger partial charge in [0, 0.05) is 31.7 Å². The molecule has 2 aliphatic rings. The summed E-state index contributed by atoms with van der Waals surface area (Å²) in [7, 11) is 0. The van der Waals surface area contributed by atoms with Crippen molar-refractivity contribution in [2.75, 3.05) is 52.6 Å². The van der Waals surface area contributed by atoms with Crippen molar-refractivity contribution in [1.29, 1.82) is 0 Å². The molecule has 0 spiro atoms. The van der Waals surface area contributed by atoms with Crippen LogP contribution >= 0.6 is 34.8 Å². The molecule has 0 aliphatic carbocycles. The van der Waals surface area contributed by atoms with E-state index in [1.54, 1.807) is 4.90 Å². The van der Waals surface area contributed by atoms with Crippen molar-refractivity contribution < 1.29 is 19.0 Å². The molecule has 0 N–H and O–H groups in total. The molecule has 0 aromatic heterocycles. The zero-order valence-corrected chi connectivity index (χ0v) is 20.1. The third-order valence-electron chi connectivity index (χ3n) is 5.33. The number of ether oxygens (including phenoxy) is 3. The third-order valence-corrected chi connectivity index (χ3v) is 6.63. The van der Waals surface area contributed by atoms with Crippen molar-refractivity contribution in [1.82, 2.24) is 9.80 Å². The topological polar surface area (TPSA) is 51.2 Å². The predicted octanol–water partition coefficient (Wildman–Crippen LogP) is 3.33. The average molecular weight is 532 g/mol. The quantitative estimate of drug-likeness (QED) is 0.414. The van der Waals surface area contributed by atoms with E-state index in [0.29, 0.717) is 44.4 Å². The molecule has 1 aromatic carbocycles. The molecule has 3 rings (SSSR count). The predicted molar refractivity (Wildman–Crippen MR) is 125 cm³/mol. The highest BCUT2D eigenvalue weighted by atomic mass is 127. The minimum atomic E-state index is -0.0337. The van der Waals surface area contributed by atoms with Gasteiger partial charge >= 0.3 is 0 Å². The number of hydrogen-bond acceptors (Lipinski definition) is 5. The van der Waals surface area contributed by atoms with Crippen LogP contribution < -0.4 is 9.47 Å². The van der Waals surface area contributed by atoms with E-state index in [0.717, 1.165) is 33.1 Å². The number of carbonyl (C=O) groups excluding carboxylic acids is 1. The van der Waals surface area contributed by atoms with Gasteiger partial charge in [-0.1, -0.05) is 19.1 Å². The van der Waals surface area contributed by atoms with Crippen LogP contribution in [0.3, 0.4) is 0 Å². The monoisotopic (exact) mass is 532 g/mol. The van der Waals surface area contributed by atoms with E-state index in [1.165, 1.54) is 12.8 Å². The van der Waals surface area contributed by atoms with Gasteiger partial charge in [0.1, 0.15) is 4.99 Å². The summed E-state index contributed by atoms with van der Waals surface area (Å²) in [5, 5.41) is 0. The van der Waals surface area contributed by atoms with Crippen molar-refractivity contribution >= 4 is 45.7 Å². The maximum Gasteiger partial charge on any atom is 0.260 e. The van der Waals surface area contributed by atoms with E-state index in [1.807, 2.05) is 19.1 Å². The summed E-state index contributed by atoms with van der Waals surface area (Å²) < 4.78 is 17.9. The molecule has 1 amide bonds. The fourth-order valence-electron chi connectivity index (χ4n) is 3.53. The SMILES string of the molecule is CCOc1cc(C(=S)N2CCC(C)CC2)cc(I)c1OCC(=O)N1CCOCC1. The minimum Gasteiger partial charge on any atom is -0.490 e. The fourth-order valence-corrected chi connectivity index (χ4v) is 4.58. The summed E-state index contributed by atoms with van der Waals surface area (Å²) >= 11 is 8.00. The van der Waals surface area contributed by atoms with E-state index >= 15 is 0 Å². The molecular formula is C21H29IN2O4S. The van der Waals surface area contributed by atoms with E-state index in [2.05, 4.69) is 34.4 Å². The summed E-state index contributed by atoms with van der Waals surface area (Å²) in [6.45, 7) is 9.10. The summed E-state index contributed by atoms with van der Waals surface area (Å²) in [6, 6.07) is 3.97. The van der Waals surface area contributed by atoms with Crippen molar-refractivity contribution in [2.24, 2.45) is 5.92 Å². The highest BCUT2D eigenvalue weighted by Crippen LogP contribution is 2.35. The Morgan fingerprint density at radius 2 is 1.86 bits per heavy atom. The van der Waals surface area contributed by atoms with E-state index < -0.39 is 0 Å². The number of likely N-dealkylation sites (tertiary alicyclic amines) is 1. The number of amides is 1. The standard InChI is InChI=1S/C21H29IN2O4S/c1-3-27-18-13-16(21(29)24-6-4-15(2)5-7-24)12-17(22)20(18)28-14-19(25)23-8-10-26-11-9-23/h12-13,15H,3-11,14H2,1-2H3. The number of carbonyl (C=O) groups is 1. The molecule has 0 saturated carbocycles. The van der Waals surface area contributed by atoms with Gasteiger partial charge in [0.25, 0.3) is 5.91 Å². The Kier molecular flexibility index (Phi) is 8.37. The smallest absolute Gasteiger partial charge is 0.260 e. The molecule has 8 heteroatoms. The van der Waals surface area contributed by atoms with Gasteiger partial charge in [-0.05, 0) is 60.4 Å². The largest absolute Gasteiger partial charge is 0.490 e. The lowest BCUT2D eigenvalue weighted by Gasteiger charge is -2.32. The van der Waals surface area contributed by atoms with Gasteiger partial charge in [-0.15, -0.1) is 0 Å². The molecule has 2 aliphatic heterocycles. The molecule has 29 heavy (non-hydrogen) atoms. The lowest BCUT2D eigenvalue weighted by molar-refractivity contribution is -0.137. The molecule has 0 atom stereocenters. The fraction of sp³-hybridized carbons (Fsp3) is 0.619. The molecule has 0 bridgehead atoms. The second kappa shape index (κ2) is 10.8. The molecule has 160 valence electrons. The van der Waals surface area contributed by atoms with Gasteiger partial charge in [-0.2, -0.15) is 0 Å². The van der Waals surface area contributed by atoms with Gasteiger partial charge < -0.3 is 24.0 Å². The number of benzene rings is 1. The Morgan fingerprint density at radius 1 is 1.17 bits per heavy atom. The van der Waals surface area contributed by atoms with Crippen LogP contribution in [0.2, 0.25) is 0 Å². The molecule has 6 nitrogen and oxygen atoms in total. The number of thiocarbonyl (C=S) groups is 1. The highest BCUT2D eigenvalue weighted by Gasteiger charge is 2.23. The number of rotatable bonds is 6. The molecular weight excluding hydrogens is 503 g/mol. The number of piperidine rings is 1. The van der Waals surface area contributed by atoms with Crippen molar-refractivity contribution in [3.63, 3.8) is 0 Å². The first-order chi connectivity index (χ1) is 14.0. The molecule has 2 saturated heterocycles. The molecule has 0 radical (unpaired) electrons. The first-order valence-corrected chi connectivity index (χ1v) is 11.7. The normalized spacial score (nSPS) is 17.9. The Morgan fingerprint density at radius 3 is 2.52 bits per heavy atom. The van der Waals surface area contributed by atoms with Crippen LogP contribution in [-0.2, 0) is 9.53 Å². The van der Waals surface area contributed by atoms with E-state index in [4.69, 9.17) is 26.4 Å². The van der Waals surface area contributed by atoms with E-state index in [9.17, 15) is 4.79 Å². The van der Waals surface area contributed by atoms with Gasteiger partial charge in [-0.3, -0.25) is 4.79 Å². The number of halogens is 1. The first-order valence-electron chi connectivity index (χ1n) is 10.2. The van der Waals surface area contributed by atoms with Crippen molar-refractivity contribution in [2.45, 2.75) is 26.7 Å². The number of hydrogen-bond donors (Lipinski definition) is 0. The Hall–Kier alpha value is -1.13. The zero-order chi connectivity index (χ0) is 20.8. The third kappa shape index (κ3) is 5.95. The second-order valence-electron chi connectivity index (χ2n) is 7.47. The maximum atomic E-state index is 12.4. The van der Waals surface area contributed by atoms with Gasteiger partial charge in [-0.25, -0.2) is 0 Å². The molecule has 1 aromatic rings. The van der Waals surface area contributed by atoms with Crippen LogP contribution in [0, 0.1) is 9.49 Å². The van der Waals surface area contributed by atoms with Crippen molar-refractivity contribution in [3.05, 3.63) is 21.3 Å². The Labute approximate surface area is 192 Å². The second-order valence-corrected chi connectivity index (χ2v) is 9.02. The number of morpholine rings is 1. The summed E-state index contributed by atoms with van der Waals surface area (Å²) in [4.78, 5) is 17.3. The highest BCUT2D eigenvalue weighted by molar-refractivity contribution is 14.1. The van der Waals surface area contributed by atoms with Crippen LogP contribution in [0.4, 0.5) is 0 Å². The van der Waals surface area contributed by atoms with Crippen molar-refractivity contribution in [3.8, 4) is 11.5 Å². The summed E-state index contributed by atoms with van der Waals surface area (Å²) in [5.74, 6) is 1.96. The summed E-state index contributed by atoms with van der Waals surface area (Å²) in [5.41, 5.74) is 0.967. The number of nitrogens with zero attached hydrogens (tertiary/aromatic N) is 2. The maximum absolute atomic E-state index is 12.4. The van der Waals surface area contributed by atoms with Gasteiger partial charge in [0.05, 0.1) is 23.4 Å². The zero-order valence-electron chi connectivity index (χ0n) is 17.1. The van der Waals surface area contributed by atoms with Crippen LogP contribution in [0.1, 0.15) is 32.3 Å². The molecule has 2 fully saturated rings. The van der Waals surface area contributed by atoms with Gasteiger partial charge in [0.15, 0.2) is 18.1 Å². The first kappa shape index (κ1) is 22.6. The molecule has 2 heterocycles. The Balaban J connectivity index is 1.72. The van der Waals surface area contributed by atoms with Crippen LogP contribution in [0.5, 0.6) is 11.5 Å². The summed E-state index contributed by atoms with van der Waals surface area (Å²) in [6.07, 6.45) is 2.33. The molecule has 0 unspecified atom stereocenters. The van der Waals surface area contributed by atoms with Crippen LogP contribution in [-0.4, -0.2) is 73.3 Å².